The quantitative estimate of drug-likeness (QED) is 0.658. The van der Waals surface area contributed by atoms with Crippen molar-refractivity contribution >= 4 is 29.1 Å². The molecule has 0 atom stereocenters. The SMILES string of the molecule is CSc1ccccc1Oc1cccc(Cl)c1N. The summed E-state index contributed by atoms with van der Waals surface area (Å²) in [7, 11) is 0. The average Bonchev–Trinajstić information content (AvgIpc) is 2.35. The number of nitrogen functional groups attached to an aromatic ring is 1. The first-order valence-electron chi connectivity index (χ1n) is 5.07. The molecular formula is C13H12ClNOS. The lowest BCUT2D eigenvalue weighted by atomic mass is 10.3. The maximum Gasteiger partial charge on any atom is 0.151 e. The van der Waals surface area contributed by atoms with Gasteiger partial charge in [0.05, 0.1) is 10.7 Å². The first-order valence-corrected chi connectivity index (χ1v) is 6.67. The van der Waals surface area contributed by atoms with E-state index in [-0.39, 0.29) is 0 Å². The molecule has 2 N–H and O–H groups in total. The maximum atomic E-state index is 5.94. The first kappa shape index (κ1) is 12.1. The van der Waals surface area contributed by atoms with Crippen LogP contribution >= 0.6 is 23.4 Å². The Hall–Kier alpha value is -1.32. The summed E-state index contributed by atoms with van der Waals surface area (Å²) in [6.45, 7) is 0. The van der Waals surface area contributed by atoms with E-state index in [1.807, 2.05) is 36.6 Å². The Balaban J connectivity index is 2.35. The van der Waals surface area contributed by atoms with Gasteiger partial charge in [-0.05, 0) is 30.5 Å². The molecule has 2 aromatic rings. The zero-order valence-corrected chi connectivity index (χ0v) is 10.9. The molecule has 4 heteroatoms. The molecule has 0 saturated carbocycles. The number of benzene rings is 2. The summed E-state index contributed by atoms with van der Waals surface area (Å²) in [6, 6.07) is 13.2. The van der Waals surface area contributed by atoms with Crippen LogP contribution < -0.4 is 10.5 Å². The Morgan fingerprint density at radius 3 is 2.53 bits per heavy atom. The van der Waals surface area contributed by atoms with Gasteiger partial charge in [-0.15, -0.1) is 11.8 Å². The number of hydrogen-bond donors (Lipinski definition) is 1. The summed E-state index contributed by atoms with van der Waals surface area (Å²) in [5.74, 6) is 1.37. The van der Waals surface area contributed by atoms with E-state index in [2.05, 4.69) is 0 Å². The van der Waals surface area contributed by atoms with Crippen molar-refractivity contribution in [1.29, 1.82) is 0 Å². The van der Waals surface area contributed by atoms with E-state index < -0.39 is 0 Å². The lowest BCUT2D eigenvalue weighted by molar-refractivity contribution is 0.473. The van der Waals surface area contributed by atoms with Gasteiger partial charge < -0.3 is 10.5 Å². The molecule has 0 radical (unpaired) electrons. The van der Waals surface area contributed by atoms with E-state index in [0.717, 1.165) is 10.6 Å². The van der Waals surface area contributed by atoms with Gasteiger partial charge in [0.1, 0.15) is 5.75 Å². The van der Waals surface area contributed by atoms with Crippen LogP contribution in [0.25, 0.3) is 0 Å². The number of para-hydroxylation sites is 2. The van der Waals surface area contributed by atoms with Crippen LogP contribution in [0, 0.1) is 0 Å². The molecule has 0 heterocycles. The predicted molar refractivity (Wildman–Crippen MR) is 74.2 cm³/mol. The summed E-state index contributed by atoms with van der Waals surface area (Å²) in [6.07, 6.45) is 2.00. The van der Waals surface area contributed by atoms with Gasteiger partial charge in [-0.2, -0.15) is 0 Å². The summed E-state index contributed by atoms with van der Waals surface area (Å²) in [5.41, 5.74) is 6.32. The van der Waals surface area contributed by atoms with E-state index in [4.69, 9.17) is 22.1 Å². The van der Waals surface area contributed by atoms with Crippen LogP contribution in [0.15, 0.2) is 47.4 Å². The lowest BCUT2D eigenvalue weighted by Crippen LogP contribution is -1.93. The van der Waals surface area contributed by atoms with Crippen LogP contribution in [0.4, 0.5) is 5.69 Å². The minimum atomic E-state index is 0.463. The fourth-order valence-corrected chi connectivity index (χ4v) is 2.12. The van der Waals surface area contributed by atoms with Crippen molar-refractivity contribution < 1.29 is 4.74 Å². The normalized spacial score (nSPS) is 10.2. The van der Waals surface area contributed by atoms with E-state index in [1.54, 1.807) is 23.9 Å². The molecule has 0 aromatic heterocycles. The van der Waals surface area contributed by atoms with Crippen LogP contribution in [-0.2, 0) is 0 Å². The van der Waals surface area contributed by atoms with Gasteiger partial charge in [0.2, 0.25) is 0 Å². The van der Waals surface area contributed by atoms with Crippen LogP contribution in [0.1, 0.15) is 0 Å². The monoisotopic (exact) mass is 265 g/mol. The molecule has 0 bridgehead atoms. The van der Waals surface area contributed by atoms with Crippen molar-refractivity contribution in [2.45, 2.75) is 4.90 Å². The maximum absolute atomic E-state index is 5.94. The number of ether oxygens (including phenoxy) is 1. The van der Waals surface area contributed by atoms with Gasteiger partial charge in [0, 0.05) is 4.90 Å². The second-order valence-electron chi connectivity index (χ2n) is 3.40. The van der Waals surface area contributed by atoms with Crippen LogP contribution in [0.2, 0.25) is 5.02 Å². The van der Waals surface area contributed by atoms with Crippen molar-refractivity contribution in [1.82, 2.24) is 0 Å². The molecule has 0 fully saturated rings. The number of anilines is 1. The highest BCUT2D eigenvalue weighted by Gasteiger charge is 2.07. The number of rotatable bonds is 3. The number of halogens is 1. The molecule has 0 amide bonds. The number of nitrogens with two attached hydrogens (primary N) is 1. The predicted octanol–water partition coefficient (Wildman–Crippen LogP) is 4.44. The molecule has 2 nitrogen and oxygen atoms in total. The van der Waals surface area contributed by atoms with Crippen LogP contribution in [-0.4, -0.2) is 6.26 Å². The second-order valence-corrected chi connectivity index (χ2v) is 4.66. The fourth-order valence-electron chi connectivity index (χ4n) is 1.43. The fraction of sp³-hybridized carbons (Fsp3) is 0.0769. The molecule has 88 valence electrons. The summed E-state index contributed by atoms with van der Waals surface area (Å²) in [4.78, 5) is 1.06. The average molecular weight is 266 g/mol. The largest absolute Gasteiger partial charge is 0.454 e. The molecule has 0 aliphatic carbocycles. The minimum Gasteiger partial charge on any atom is -0.454 e. The van der Waals surface area contributed by atoms with Gasteiger partial charge in [-0.3, -0.25) is 0 Å². The smallest absolute Gasteiger partial charge is 0.151 e. The molecular weight excluding hydrogens is 254 g/mol. The second kappa shape index (κ2) is 5.34. The highest BCUT2D eigenvalue weighted by atomic mass is 35.5. The number of thioether (sulfide) groups is 1. The third-order valence-corrected chi connectivity index (χ3v) is 3.41. The first-order chi connectivity index (χ1) is 8.22. The third-order valence-electron chi connectivity index (χ3n) is 2.30. The lowest BCUT2D eigenvalue weighted by Gasteiger charge is -2.11. The molecule has 2 rings (SSSR count). The Morgan fingerprint density at radius 1 is 1.06 bits per heavy atom. The Labute approximate surface area is 110 Å². The van der Waals surface area contributed by atoms with E-state index in [1.165, 1.54) is 0 Å². The minimum absolute atomic E-state index is 0.463. The van der Waals surface area contributed by atoms with Gasteiger partial charge in [0.15, 0.2) is 5.75 Å². The topological polar surface area (TPSA) is 35.2 Å². The van der Waals surface area contributed by atoms with E-state index in [9.17, 15) is 0 Å². The zero-order chi connectivity index (χ0) is 12.3. The van der Waals surface area contributed by atoms with Crippen molar-refractivity contribution in [3.05, 3.63) is 47.5 Å². The van der Waals surface area contributed by atoms with Gasteiger partial charge >= 0.3 is 0 Å². The molecule has 0 aliphatic rings. The highest BCUT2D eigenvalue weighted by molar-refractivity contribution is 7.98. The zero-order valence-electron chi connectivity index (χ0n) is 9.31. The number of hydrogen-bond acceptors (Lipinski definition) is 3. The Bertz CT molecular complexity index is 531. The van der Waals surface area contributed by atoms with E-state index >= 15 is 0 Å². The summed E-state index contributed by atoms with van der Waals surface area (Å²) >= 11 is 7.57. The van der Waals surface area contributed by atoms with Crippen LogP contribution in [0.3, 0.4) is 0 Å². The summed E-state index contributed by atoms with van der Waals surface area (Å²) < 4.78 is 5.78. The van der Waals surface area contributed by atoms with Crippen molar-refractivity contribution in [3.63, 3.8) is 0 Å². The Morgan fingerprint density at radius 2 is 1.76 bits per heavy atom. The van der Waals surface area contributed by atoms with E-state index in [0.29, 0.717) is 16.5 Å². The van der Waals surface area contributed by atoms with Gasteiger partial charge in [-0.1, -0.05) is 29.8 Å². The molecule has 0 unspecified atom stereocenters. The van der Waals surface area contributed by atoms with Crippen molar-refractivity contribution in [2.75, 3.05) is 12.0 Å². The van der Waals surface area contributed by atoms with Crippen molar-refractivity contribution in [3.8, 4) is 11.5 Å². The van der Waals surface area contributed by atoms with Gasteiger partial charge in [-0.25, -0.2) is 0 Å². The molecule has 17 heavy (non-hydrogen) atoms. The van der Waals surface area contributed by atoms with Crippen LogP contribution in [0.5, 0.6) is 11.5 Å². The van der Waals surface area contributed by atoms with Gasteiger partial charge in [0.25, 0.3) is 0 Å². The standard InChI is InChI=1S/C13H12ClNOS/c1-17-12-8-3-2-6-10(12)16-11-7-4-5-9(14)13(11)15/h2-8H,15H2,1H3. The third kappa shape index (κ3) is 2.68. The molecule has 0 spiro atoms. The highest BCUT2D eigenvalue weighted by Crippen LogP contribution is 2.36. The Kier molecular flexibility index (Phi) is 3.82. The molecule has 0 saturated heterocycles. The molecule has 0 aliphatic heterocycles. The summed E-state index contributed by atoms with van der Waals surface area (Å²) in [5, 5.41) is 0.504. The molecule has 2 aromatic carbocycles. The van der Waals surface area contributed by atoms with Crippen molar-refractivity contribution in [2.24, 2.45) is 0 Å².